The van der Waals surface area contributed by atoms with Gasteiger partial charge in [-0.05, 0) is 18.6 Å². The van der Waals surface area contributed by atoms with Crippen molar-refractivity contribution in [3.05, 3.63) is 23.8 Å². The molecule has 0 atom stereocenters. The highest BCUT2D eigenvalue weighted by Gasteiger charge is 2.09. The van der Waals surface area contributed by atoms with Gasteiger partial charge in [-0.15, -0.1) is 0 Å². The van der Waals surface area contributed by atoms with Crippen LogP contribution in [-0.4, -0.2) is 22.8 Å². The van der Waals surface area contributed by atoms with E-state index in [-0.39, 0.29) is 17.1 Å². The Balaban J connectivity index is 1.86. The van der Waals surface area contributed by atoms with Gasteiger partial charge in [0.1, 0.15) is 11.5 Å². The fraction of sp³-hybridized carbons (Fsp3) is 0.708. The van der Waals surface area contributed by atoms with Gasteiger partial charge in [-0.1, -0.05) is 96.8 Å². The number of aromatic hydroxyl groups is 2. The molecule has 4 nitrogen and oxygen atoms in total. The molecular formula is C24H40O4. The topological polar surface area (TPSA) is 66.8 Å². The third kappa shape index (κ3) is 12.6. The van der Waals surface area contributed by atoms with Gasteiger partial charge in [-0.2, -0.15) is 0 Å². The number of phenolic OH excluding ortho intramolecular Hbond substituents is 2. The minimum absolute atomic E-state index is 0.140. The first kappa shape index (κ1) is 24.3. The summed E-state index contributed by atoms with van der Waals surface area (Å²) in [7, 11) is 0. The van der Waals surface area contributed by atoms with Crippen LogP contribution in [0.2, 0.25) is 0 Å². The molecule has 160 valence electrons. The van der Waals surface area contributed by atoms with Gasteiger partial charge in [0.15, 0.2) is 0 Å². The quantitative estimate of drug-likeness (QED) is 0.219. The Morgan fingerprint density at radius 3 is 1.50 bits per heavy atom. The van der Waals surface area contributed by atoms with Crippen LogP contribution in [0, 0.1) is 0 Å². The minimum Gasteiger partial charge on any atom is -0.508 e. The average molecular weight is 393 g/mol. The number of ether oxygens (including phenoxy) is 1. The number of carbonyl (C=O) groups excluding carboxylic acids is 1. The van der Waals surface area contributed by atoms with Crippen LogP contribution in [0.25, 0.3) is 0 Å². The lowest BCUT2D eigenvalue weighted by Crippen LogP contribution is -2.06. The number of unbranched alkanes of at least 4 members (excludes halogenated alkanes) is 14. The number of hydrogen-bond donors (Lipinski definition) is 2. The Kier molecular flexibility index (Phi) is 14.1. The van der Waals surface area contributed by atoms with Crippen molar-refractivity contribution in [3.8, 4) is 11.5 Å². The van der Waals surface area contributed by atoms with Crippen LogP contribution in [0.5, 0.6) is 11.5 Å². The molecule has 2 N–H and O–H groups in total. The first-order valence-electron chi connectivity index (χ1n) is 11.3. The molecule has 1 aromatic rings. The summed E-state index contributed by atoms with van der Waals surface area (Å²) >= 11 is 0. The molecule has 0 radical (unpaired) electrons. The van der Waals surface area contributed by atoms with Gasteiger partial charge in [0.05, 0.1) is 12.2 Å². The molecule has 0 aliphatic heterocycles. The molecule has 1 rings (SSSR count). The van der Waals surface area contributed by atoms with Crippen LogP contribution >= 0.6 is 0 Å². The zero-order chi connectivity index (χ0) is 20.5. The van der Waals surface area contributed by atoms with Gasteiger partial charge >= 0.3 is 5.97 Å². The number of esters is 1. The molecule has 0 aliphatic carbocycles. The molecule has 0 saturated carbocycles. The standard InChI is InChI=1S/C24H40O4/c1-2-3-4-5-6-7-8-9-10-11-12-13-14-15-16-17-28-24(27)21-18-22(25)20-23(26)19-21/h18-20,25-26H,2-17H2,1H3. The molecule has 0 fully saturated rings. The maximum absolute atomic E-state index is 11.9. The molecule has 0 unspecified atom stereocenters. The minimum atomic E-state index is -0.503. The van der Waals surface area contributed by atoms with E-state index in [4.69, 9.17) is 4.74 Å². The number of phenols is 2. The third-order valence-electron chi connectivity index (χ3n) is 5.12. The predicted octanol–water partition coefficient (Wildman–Crippen LogP) is 7.13. The van der Waals surface area contributed by atoms with Crippen molar-refractivity contribution in [1.82, 2.24) is 0 Å². The normalized spacial score (nSPS) is 10.9. The average Bonchev–Trinajstić information content (AvgIpc) is 2.66. The molecular weight excluding hydrogens is 352 g/mol. The van der Waals surface area contributed by atoms with Crippen molar-refractivity contribution in [3.63, 3.8) is 0 Å². The molecule has 1 aromatic carbocycles. The zero-order valence-electron chi connectivity index (χ0n) is 17.8. The fourth-order valence-corrected chi connectivity index (χ4v) is 3.43. The van der Waals surface area contributed by atoms with Gasteiger partial charge < -0.3 is 14.9 Å². The number of carbonyl (C=O) groups is 1. The summed E-state index contributed by atoms with van der Waals surface area (Å²) in [6.07, 6.45) is 19.5. The molecule has 0 amide bonds. The van der Waals surface area contributed by atoms with E-state index in [1.807, 2.05) is 0 Å². The summed E-state index contributed by atoms with van der Waals surface area (Å²) in [5, 5.41) is 18.8. The summed E-state index contributed by atoms with van der Waals surface area (Å²) in [5.74, 6) is -0.783. The van der Waals surface area contributed by atoms with Crippen molar-refractivity contribution in [2.24, 2.45) is 0 Å². The summed E-state index contributed by atoms with van der Waals surface area (Å²) < 4.78 is 5.19. The van der Waals surface area contributed by atoms with E-state index in [1.165, 1.54) is 102 Å². The maximum Gasteiger partial charge on any atom is 0.338 e. The molecule has 28 heavy (non-hydrogen) atoms. The van der Waals surface area contributed by atoms with Crippen molar-refractivity contribution < 1.29 is 19.7 Å². The van der Waals surface area contributed by atoms with Crippen LogP contribution in [0.15, 0.2) is 18.2 Å². The molecule has 0 saturated heterocycles. The lowest BCUT2D eigenvalue weighted by Gasteiger charge is -2.06. The predicted molar refractivity (Wildman–Crippen MR) is 115 cm³/mol. The molecule has 0 aliphatic rings. The van der Waals surface area contributed by atoms with E-state index in [0.29, 0.717) is 6.61 Å². The van der Waals surface area contributed by atoms with Crippen molar-refractivity contribution in [2.45, 2.75) is 103 Å². The smallest absolute Gasteiger partial charge is 0.338 e. The summed E-state index contributed by atoms with van der Waals surface area (Å²) in [5.41, 5.74) is 0.179. The van der Waals surface area contributed by atoms with Crippen LogP contribution in [0.1, 0.15) is 114 Å². The third-order valence-corrected chi connectivity index (χ3v) is 5.12. The van der Waals surface area contributed by atoms with Gasteiger partial charge in [0.2, 0.25) is 0 Å². The highest BCUT2D eigenvalue weighted by atomic mass is 16.5. The Bertz CT molecular complexity index is 507. The Morgan fingerprint density at radius 1 is 0.679 bits per heavy atom. The summed E-state index contributed by atoms with van der Waals surface area (Å²) in [6, 6.07) is 3.79. The summed E-state index contributed by atoms with van der Waals surface area (Å²) in [6.45, 7) is 2.65. The van der Waals surface area contributed by atoms with E-state index in [9.17, 15) is 15.0 Å². The first-order chi connectivity index (χ1) is 13.6. The highest BCUT2D eigenvalue weighted by Crippen LogP contribution is 2.21. The lowest BCUT2D eigenvalue weighted by molar-refractivity contribution is 0.0496. The Labute approximate surface area is 171 Å². The lowest BCUT2D eigenvalue weighted by atomic mass is 10.0. The van der Waals surface area contributed by atoms with Crippen LogP contribution in [0.4, 0.5) is 0 Å². The Hall–Kier alpha value is -1.71. The monoisotopic (exact) mass is 392 g/mol. The molecule has 0 heterocycles. The molecule has 0 aromatic heterocycles. The first-order valence-corrected chi connectivity index (χ1v) is 11.3. The zero-order valence-corrected chi connectivity index (χ0v) is 17.8. The second-order valence-corrected chi connectivity index (χ2v) is 7.82. The Morgan fingerprint density at radius 2 is 1.07 bits per heavy atom. The largest absolute Gasteiger partial charge is 0.508 e. The number of benzene rings is 1. The van der Waals surface area contributed by atoms with Crippen LogP contribution in [0.3, 0.4) is 0 Å². The van der Waals surface area contributed by atoms with E-state index in [0.717, 1.165) is 12.8 Å². The number of hydrogen-bond acceptors (Lipinski definition) is 4. The van der Waals surface area contributed by atoms with E-state index in [2.05, 4.69) is 6.92 Å². The summed E-state index contributed by atoms with van der Waals surface area (Å²) in [4.78, 5) is 11.9. The van der Waals surface area contributed by atoms with Gasteiger partial charge in [-0.25, -0.2) is 4.79 Å². The van der Waals surface area contributed by atoms with Crippen LogP contribution in [-0.2, 0) is 4.74 Å². The highest BCUT2D eigenvalue weighted by molar-refractivity contribution is 5.90. The molecule has 0 spiro atoms. The van der Waals surface area contributed by atoms with Gasteiger partial charge in [0.25, 0.3) is 0 Å². The van der Waals surface area contributed by atoms with Crippen LogP contribution < -0.4 is 0 Å². The second-order valence-electron chi connectivity index (χ2n) is 7.82. The SMILES string of the molecule is CCCCCCCCCCCCCCCCCOC(=O)c1cc(O)cc(O)c1. The second kappa shape index (κ2) is 16.3. The maximum atomic E-state index is 11.9. The van der Waals surface area contributed by atoms with E-state index >= 15 is 0 Å². The van der Waals surface area contributed by atoms with Crippen molar-refractivity contribution in [1.29, 1.82) is 0 Å². The van der Waals surface area contributed by atoms with Crippen molar-refractivity contribution in [2.75, 3.05) is 6.61 Å². The van der Waals surface area contributed by atoms with Crippen molar-refractivity contribution >= 4 is 5.97 Å². The van der Waals surface area contributed by atoms with E-state index < -0.39 is 5.97 Å². The van der Waals surface area contributed by atoms with E-state index in [1.54, 1.807) is 0 Å². The fourth-order valence-electron chi connectivity index (χ4n) is 3.43. The molecule has 4 heteroatoms. The number of rotatable bonds is 17. The van der Waals surface area contributed by atoms with Gasteiger partial charge in [-0.3, -0.25) is 0 Å². The van der Waals surface area contributed by atoms with Gasteiger partial charge in [0, 0.05) is 6.07 Å². The molecule has 0 bridgehead atoms.